The van der Waals surface area contributed by atoms with Crippen molar-refractivity contribution in [1.82, 2.24) is 9.55 Å². The SMILES string of the molecule is N#Cc1ccncc1-c1cccc2c3ccccc3n(-c3cccc4c3C(=O)N(c3c(-c5ccccc5)cc(-c5ccccc5)cc3-c3ccccc3)C4=O)c12. The first-order valence-electron chi connectivity index (χ1n) is 18.4. The molecular weight excluding hydrogens is 689 g/mol. The lowest BCUT2D eigenvalue weighted by molar-refractivity contribution is 0.0926. The molecule has 0 unspecified atom stereocenters. The van der Waals surface area contributed by atoms with Crippen LogP contribution < -0.4 is 4.90 Å². The molecule has 0 radical (unpaired) electrons. The third-order valence-electron chi connectivity index (χ3n) is 10.7. The topological polar surface area (TPSA) is 79.0 Å². The number of imide groups is 1. The van der Waals surface area contributed by atoms with Crippen molar-refractivity contribution in [3.63, 3.8) is 0 Å². The van der Waals surface area contributed by atoms with Gasteiger partial charge in [-0.15, -0.1) is 0 Å². The van der Waals surface area contributed by atoms with Crippen LogP contribution in [0.5, 0.6) is 0 Å². The molecule has 0 spiro atoms. The maximum Gasteiger partial charge on any atom is 0.268 e. The first kappa shape index (κ1) is 32.7. The second kappa shape index (κ2) is 13.2. The highest BCUT2D eigenvalue weighted by Gasteiger charge is 2.42. The lowest BCUT2D eigenvalue weighted by atomic mass is 9.90. The molecule has 3 heterocycles. The van der Waals surface area contributed by atoms with Crippen molar-refractivity contribution in [2.75, 3.05) is 4.90 Å². The number of aromatic nitrogens is 2. The van der Waals surface area contributed by atoms with Crippen LogP contribution >= 0.6 is 0 Å². The molecule has 0 fully saturated rings. The van der Waals surface area contributed by atoms with Gasteiger partial charge in [-0.3, -0.25) is 14.6 Å². The van der Waals surface area contributed by atoms with E-state index in [1.54, 1.807) is 24.5 Å². The van der Waals surface area contributed by atoms with Gasteiger partial charge in [-0.25, -0.2) is 4.90 Å². The van der Waals surface area contributed by atoms with E-state index in [2.05, 4.69) is 52.0 Å². The lowest BCUT2D eigenvalue weighted by Crippen LogP contribution is -2.30. The van der Waals surface area contributed by atoms with Gasteiger partial charge in [-0.2, -0.15) is 5.26 Å². The Kier molecular flexibility index (Phi) is 7.72. The molecule has 9 aromatic rings. The van der Waals surface area contributed by atoms with Crippen LogP contribution in [0.15, 0.2) is 182 Å². The summed E-state index contributed by atoms with van der Waals surface area (Å²) in [6, 6.07) is 57.7. The van der Waals surface area contributed by atoms with Crippen molar-refractivity contribution in [1.29, 1.82) is 5.26 Å². The van der Waals surface area contributed by atoms with Crippen molar-refractivity contribution in [3.8, 4) is 56.3 Å². The molecule has 56 heavy (non-hydrogen) atoms. The smallest absolute Gasteiger partial charge is 0.268 e. The molecule has 2 amide bonds. The van der Waals surface area contributed by atoms with Gasteiger partial charge in [0, 0.05) is 45.4 Å². The molecule has 7 aromatic carbocycles. The number of hydrogen-bond acceptors (Lipinski definition) is 4. The minimum atomic E-state index is -0.412. The standard InChI is InChI=1S/C50H30N4O2/c51-30-35-26-27-52-31-43(35)39-22-12-21-38-37-20-10-11-24-44(37)53(47(38)39)45-25-13-23-40-46(45)50(56)54(49(40)55)48-41(33-16-6-2-7-17-33)28-36(32-14-4-1-5-15-32)29-42(48)34-18-8-3-9-19-34/h1-29,31H. The van der Waals surface area contributed by atoms with Gasteiger partial charge in [0.05, 0.1) is 45.2 Å². The van der Waals surface area contributed by atoms with Crippen molar-refractivity contribution in [2.45, 2.75) is 0 Å². The molecule has 1 aliphatic heterocycles. The Bertz CT molecular complexity index is 3010. The second-order valence-corrected chi connectivity index (χ2v) is 13.8. The van der Waals surface area contributed by atoms with Crippen LogP contribution in [0, 0.1) is 11.3 Å². The van der Waals surface area contributed by atoms with Gasteiger partial charge in [0.2, 0.25) is 0 Å². The van der Waals surface area contributed by atoms with Crippen molar-refractivity contribution in [3.05, 3.63) is 199 Å². The summed E-state index contributed by atoms with van der Waals surface area (Å²) in [5.74, 6) is -0.807. The lowest BCUT2D eigenvalue weighted by Gasteiger charge is -2.24. The Morgan fingerprint density at radius 1 is 0.500 bits per heavy atom. The maximum atomic E-state index is 15.4. The number of rotatable bonds is 6. The first-order chi connectivity index (χ1) is 27.6. The van der Waals surface area contributed by atoms with E-state index in [9.17, 15) is 5.26 Å². The summed E-state index contributed by atoms with van der Waals surface area (Å²) in [4.78, 5) is 36.2. The molecule has 262 valence electrons. The molecule has 0 bridgehead atoms. The summed E-state index contributed by atoms with van der Waals surface area (Å²) >= 11 is 0. The minimum absolute atomic E-state index is 0.312. The molecule has 0 N–H and O–H groups in total. The number of pyridine rings is 1. The fraction of sp³-hybridized carbons (Fsp3) is 0. The highest BCUT2D eigenvalue weighted by Crippen LogP contribution is 2.47. The zero-order valence-corrected chi connectivity index (χ0v) is 29.9. The van der Waals surface area contributed by atoms with Gasteiger partial charge in [-0.05, 0) is 58.7 Å². The van der Waals surface area contributed by atoms with Crippen LogP contribution in [0.1, 0.15) is 26.3 Å². The number of benzene rings is 7. The first-order valence-corrected chi connectivity index (χ1v) is 18.4. The molecule has 6 nitrogen and oxygen atoms in total. The third-order valence-corrected chi connectivity index (χ3v) is 10.7. The highest BCUT2D eigenvalue weighted by atomic mass is 16.2. The maximum absolute atomic E-state index is 15.4. The van der Waals surface area contributed by atoms with Crippen LogP contribution in [0.4, 0.5) is 5.69 Å². The van der Waals surface area contributed by atoms with E-state index in [1.165, 1.54) is 4.90 Å². The number of nitriles is 1. The summed E-state index contributed by atoms with van der Waals surface area (Å²) < 4.78 is 2.07. The summed E-state index contributed by atoms with van der Waals surface area (Å²) in [6.07, 6.45) is 3.32. The Labute approximate surface area is 322 Å². The number of nitrogens with zero attached hydrogens (tertiary/aromatic N) is 4. The average molecular weight is 719 g/mol. The van der Waals surface area contributed by atoms with Gasteiger partial charge in [0.1, 0.15) is 0 Å². The molecule has 6 heteroatoms. The van der Waals surface area contributed by atoms with Gasteiger partial charge >= 0.3 is 0 Å². The number of fused-ring (bicyclic) bond motifs is 4. The summed E-state index contributed by atoms with van der Waals surface area (Å²) in [6.45, 7) is 0. The predicted molar refractivity (Wildman–Crippen MR) is 223 cm³/mol. The van der Waals surface area contributed by atoms with Crippen molar-refractivity contribution < 1.29 is 9.59 Å². The summed E-state index contributed by atoms with van der Waals surface area (Å²) in [5.41, 5.74) is 10.7. The Balaban J connectivity index is 1.25. The number of para-hydroxylation sites is 2. The molecular formula is C50H30N4O2. The van der Waals surface area contributed by atoms with E-state index < -0.39 is 11.8 Å². The number of carbonyl (C=O) groups excluding carboxylic acids is 2. The summed E-state index contributed by atoms with van der Waals surface area (Å²) in [5, 5.41) is 12.1. The van der Waals surface area contributed by atoms with Gasteiger partial charge in [0.15, 0.2) is 0 Å². The fourth-order valence-electron chi connectivity index (χ4n) is 8.20. The third kappa shape index (κ3) is 5.07. The number of carbonyl (C=O) groups is 2. The highest BCUT2D eigenvalue weighted by molar-refractivity contribution is 6.37. The second-order valence-electron chi connectivity index (χ2n) is 13.8. The van der Waals surface area contributed by atoms with Crippen LogP contribution in [-0.4, -0.2) is 21.4 Å². The van der Waals surface area contributed by atoms with E-state index >= 15 is 9.59 Å². The van der Waals surface area contributed by atoms with E-state index in [0.717, 1.165) is 60.8 Å². The van der Waals surface area contributed by atoms with Crippen LogP contribution in [0.3, 0.4) is 0 Å². The Morgan fingerprint density at radius 2 is 1.09 bits per heavy atom. The Morgan fingerprint density at radius 3 is 1.77 bits per heavy atom. The molecule has 1 aliphatic rings. The molecule has 2 aromatic heterocycles. The van der Waals surface area contributed by atoms with Gasteiger partial charge in [0.25, 0.3) is 11.8 Å². The fourth-order valence-corrected chi connectivity index (χ4v) is 8.20. The van der Waals surface area contributed by atoms with Crippen LogP contribution in [0.25, 0.3) is 72.0 Å². The summed E-state index contributed by atoms with van der Waals surface area (Å²) in [7, 11) is 0. The largest absolute Gasteiger partial charge is 0.308 e. The van der Waals surface area contributed by atoms with Crippen molar-refractivity contribution >= 4 is 39.3 Å². The predicted octanol–water partition coefficient (Wildman–Crippen LogP) is 11.5. The van der Waals surface area contributed by atoms with E-state index in [4.69, 9.17) is 0 Å². The number of amides is 2. The van der Waals surface area contributed by atoms with Crippen LogP contribution in [0.2, 0.25) is 0 Å². The average Bonchev–Trinajstić information content (AvgIpc) is 3.74. The quantitative estimate of drug-likeness (QED) is 0.160. The van der Waals surface area contributed by atoms with E-state index in [0.29, 0.717) is 33.6 Å². The Hall–Kier alpha value is -7.88. The normalized spacial score (nSPS) is 12.3. The van der Waals surface area contributed by atoms with E-state index in [1.807, 2.05) is 121 Å². The monoisotopic (exact) mass is 718 g/mol. The zero-order valence-electron chi connectivity index (χ0n) is 29.9. The van der Waals surface area contributed by atoms with Crippen molar-refractivity contribution in [2.24, 2.45) is 0 Å². The van der Waals surface area contributed by atoms with Gasteiger partial charge < -0.3 is 4.57 Å². The number of hydrogen-bond donors (Lipinski definition) is 0. The molecule has 0 atom stereocenters. The van der Waals surface area contributed by atoms with E-state index in [-0.39, 0.29) is 0 Å². The van der Waals surface area contributed by atoms with Gasteiger partial charge in [-0.1, -0.05) is 133 Å². The number of anilines is 1. The molecule has 0 saturated carbocycles. The minimum Gasteiger partial charge on any atom is -0.308 e. The molecule has 0 aliphatic carbocycles. The molecule has 10 rings (SSSR count). The molecule has 0 saturated heterocycles. The zero-order chi connectivity index (χ0) is 37.8. The van der Waals surface area contributed by atoms with Crippen LogP contribution in [-0.2, 0) is 0 Å².